The molecule has 25 heavy (non-hydrogen) atoms. The van der Waals surface area contributed by atoms with Gasteiger partial charge in [0.2, 0.25) is 0 Å². The zero-order valence-electron chi connectivity index (χ0n) is 13.5. The van der Waals surface area contributed by atoms with E-state index in [9.17, 15) is 9.59 Å². The second-order valence-electron chi connectivity index (χ2n) is 5.36. The number of carboxylic acids is 1. The third-order valence-corrected chi connectivity index (χ3v) is 3.80. The average Bonchev–Trinajstić information content (AvgIpc) is 3.29. The number of hydrazone groups is 1. The lowest BCUT2D eigenvalue weighted by Gasteiger charge is -2.17. The summed E-state index contributed by atoms with van der Waals surface area (Å²) in [5.74, 6) is -0.402. The summed E-state index contributed by atoms with van der Waals surface area (Å²) in [5, 5.41) is 14.3. The van der Waals surface area contributed by atoms with E-state index >= 15 is 0 Å². The van der Waals surface area contributed by atoms with Gasteiger partial charge in [0.25, 0.3) is 5.91 Å². The molecule has 1 amide bonds. The Morgan fingerprint density at radius 1 is 1.28 bits per heavy atom. The highest BCUT2D eigenvalue weighted by atomic mass is 16.5. The summed E-state index contributed by atoms with van der Waals surface area (Å²) in [5.41, 5.74) is 1.57. The Bertz CT molecular complexity index is 822. The number of furan rings is 1. The summed E-state index contributed by atoms with van der Waals surface area (Å²) >= 11 is 0. The van der Waals surface area contributed by atoms with Gasteiger partial charge in [0.15, 0.2) is 0 Å². The second kappa shape index (κ2) is 7.04. The fourth-order valence-electron chi connectivity index (χ4n) is 2.59. The van der Waals surface area contributed by atoms with Gasteiger partial charge in [-0.25, -0.2) is 9.80 Å². The first-order valence-corrected chi connectivity index (χ1v) is 7.58. The number of hydrogen-bond donors (Lipinski definition) is 1. The molecular formula is C18H16N2O5. The standard InChI is InChI=1S/C18H16N2O5/c1-24-13-6-4-12(5-7-13)14-11-15(16-3-2-10-25-16)20(19-14)17(21)8-9-18(22)23/h2-10,15H,11H2,1H3,(H,22,23)/b9-8+/t15-/m0/s1. The molecule has 7 nitrogen and oxygen atoms in total. The molecule has 1 aromatic heterocycles. The first kappa shape index (κ1) is 16.5. The maximum absolute atomic E-state index is 12.3. The van der Waals surface area contributed by atoms with Crippen LogP contribution in [0.25, 0.3) is 0 Å². The molecule has 0 unspecified atom stereocenters. The Labute approximate surface area is 143 Å². The largest absolute Gasteiger partial charge is 0.497 e. The van der Waals surface area contributed by atoms with E-state index in [0.29, 0.717) is 17.9 Å². The lowest BCUT2D eigenvalue weighted by molar-refractivity contribution is -0.132. The maximum Gasteiger partial charge on any atom is 0.328 e. The van der Waals surface area contributed by atoms with Gasteiger partial charge in [-0.3, -0.25) is 4.79 Å². The SMILES string of the molecule is COc1ccc(C2=NN(C(=O)/C=C/C(=O)O)[C@H](c3ccco3)C2)cc1. The molecule has 0 saturated heterocycles. The molecule has 1 aromatic carbocycles. The number of carbonyl (C=O) groups is 2. The Morgan fingerprint density at radius 2 is 2.04 bits per heavy atom. The summed E-state index contributed by atoms with van der Waals surface area (Å²) in [6.45, 7) is 0. The van der Waals surface area contributed by atoms with Crippen LogP contribution in [0, 0.1) is 0 Å². The van der Waals surface area contributed by atoms with Crippen LogP contribution < -0.4 is 4.74 Å². The molecule has 7 heteroatoms. The van der Waals surface area contributed by atoms with Gasteiger partial charge in [0, 0.05) is 18.6 Å². The van der Waals surface area contributed by atoms with E-state index in [2.05, 4.69) is 5.10 Å². The summed E-state index contributed by atoms with van der Waals surface area (Å²) in [6, 6.07) is 10.4. The Kier molecular flexibility index (Phi) is 4.65. The van der Waals surface area contributed by atoms with Crippen LogP contribution in [0.1, 0.15) is 23.8 Å². The van der Waals surface area contributed by atoms with Crippen molar-refractivity contribution in [1.29, 1.82) is 0 Å². The van der Waals surface area contributed by atoms with Crippen LogP contribution in [0.4, 0.5) is 0 Å². The van der Waals surface area contributed by atoms with Crippen molar-refractivity contribution >= 4 is 17.6 Å². The number of carboxylic acid groups (broad SMARTS) is 1. The maximum atomic E-state index is 12.3. The first-order valence-electron chi connectivity index (χ1n) is 7.58. The summed E-state index contributed by atoms with van der Waals surface area (Å²) in [4.78, 5) is 23.0. The molecule has 1 aliphatic rings. The van der Waals surface area contributed by atoms with E-state index in [1.165, 1.54) is 11.3 Å². The molecular weight excluding hydrogens is 324 g/mol. The van der Waals surface area contributed by atoms with Gasteiger partial charge in [-0.1, -0.05) is 0 Å². The van der Waals surface area contributed by atoms with Gasteiger partial charge in [0.1, 0.15) is 17.6 Å². The molecule has 1 atom stereocenters. The molecule has 3 rings (SSSR count). The number of hydrogen-bond acceptors (Lipinski definition) is 5. The van der Waals surface area contributed by atoms with Crippen molar-refractivity contribution in [1.82, 2.24) is 5.01 Å². The van der Waals surface area contributed by atoms with Gasteiger partial charge < -0.3 is 14.3 Å². The molecule has 0 radical (unpaired) electrons. The smallest absolute Gasteiger partial charge is 0.328 e. The van der Waals surface area contributed by atoms with E-state index in [-0.39, 0.29) is 0 Å². The molecule has 0 fully saturated rings. The van der Waals surface area contributed by atoms with Crippen LogP contribution >= 0.6 is 0 Å². The molecule has 0 aliphatic carbocycles. The average molecular weight is 340 g/mol. The quantitative estimate of drug-likeness (QED) is 0.845. The fourth-order valence-corrected chi connectivity index (χ4v) is 2.59. The van der Waals surface area contributed by atoms with Crippen LogP contribution in [-0.4, -0.2) is 34.8 Å². The Hall–Kier alpha value is -3.35. The topological polar surface area (TPSA) is 92.3 Å². The zero-order chi connectivity index (χ0) is 17.8. The number of nitrogens with zero attached hydrogens (tertiary/aromatic N) is 2. The highest BCUT2D eigenvalue weighted by Gasteiger charge is 2.34. The van der Waals surface area contributed by atoms with Crippen molar-refractivity contribution in [2.24, 2.45) is 5.10 Å². The van der Waals surface area contributed by atoms with Crippen LogP contribution in [-0.2, 0) is 9.59 Å². The van der Waals surface area contributed by atoms with Crippen LogP contribution in [0.2, 0.25) is 0 Å². The minimum atomic E-state index is -1.19. The second-order valence-corrected chi connectivity index (χ2v) is 5.36. The van der Waals surface area contributed by atoms with Crippen LogP contribution in [0.3, 0.4) is 0 Å². The predicted molar refractivity (Wildman–Crippen MR) is 89.2 cm³/mol. The van der Waals surface area contributed by atoms with E-state index in [1.807, 2.05) is 24.3 Å². The van der Waals surface area contributed by atoms with Crippen molar-refractivity contribution in [3.63, 3.8) is 0 Å². The van der Waals surface area contributed by atoms with Gasteiger partial charge in [-0.2, -0.15) is 5.10 Å². The van der Waals surface area contributed by atoms with Gasteiger partial charge in [-0.05, 0) is 42.0 Å². The number of rotatable bonds is 5. The Morgan fingerprint density at radius 3 is 2.64 bits per heavy atom. The first-order chi connectivity index (χ1) is 12.1. The minimum Gasteiger partial charge on any atom is -0.497 e. The van der Waals surface area contributed by atoms with Gasteiger partial charge in [0.05, 0.1) is 19.1 Å². The molecule has 0 bridgehead atoms. The van der Waals surface area contributed by atoms with E-state index in [1.54, 1.807) is 19.2 Å². The van der Waals surface area contributed by atoms with Gasteiger partial charge >= 0.3 is 5.97 Å². The zero-order valence-corrected chi connectivity index (χ0v) is 13.5. The number of aliphatic carboxylic acids is 1. The third-order valence-electron chi connectivity index (χ3n) is 3.80. The lowest BCUT2D eigenvalue weighted by Crippen LogP contribution is -2.25. The molecule has 2 aromatic rings. The molecule has 1 N–H and O–H groups in total. The molecule has 0 spiro atoms. The summed E-state index contributed by atoms with van der Waals surface area (Å²) in [6.07, 6.45) is 3.77. The van der Waals surface area contributed by atoms with Crippen molar-refractivity contribution in [3.8, 4) is 5.75 Å². The Balaban J connectivity index is 1.90. The number of ether oxygens (including phenoxy) is 1. The molecule has 2 heterocycles. The number of methoxy groups -OCH3 is 1. The van der Waals surface area contributed by atoms with E-state index in [4.69, 9.17) is 14.3 Å². The van der Waals surface area contributed by atoms with Crippen molar-refractivity contribution in [2.75, 3.05) is 7.11 Å². The minimum absolute atomic E-state index is 0.418. The normalized spacial score (nSPS) is 16.9. The monoisotopic (exact) mass is 340 g/mol. The van der Waals surface area contributed by atoms with Crippen LogP contribution in [0.5, 0.6) is 5.75 Å². The highest BCUT2D eigenvalue weighted by Crippen LogP contribution is 2.33. The summed E-state index contributed by atoms with van der Waals surface area (Å²) in [7, 11) is 1.59. The van der Waals surface area contributed by atoms with Crippen LogP contribution in [0.15, 0.2) is 64.3 Å². The molecule has 0 saturated carbocycles. The molecule has 1 aliphatic heterocycles. The lowest BCUT2D eigenvalue weighted by atomic mass is 10.0. The predicted octanol–water partition coefficient (Wildman–Crippen LogP) is 2.61. The van der Waals surface area contributed by atoms with Crippen molar-refractivity contribution in [2.45, 2.75) is 12.5 Å². The van der Waals surface area contributed by atoms with Gasteiger partial charge in [-0.15, -0.1) is 0 Å². The van der Waals surface area contributed by atoms with E-state index in [0.717, 1.165) is 23.5 Å². The molecule has 128 valence electrons. The van der Waals surface area contributed by atoms with Crippen molar-refractivity contribution in [3.05, 3.63) is 66.1 Å². The van der Waals surface area contributed by atoms with Crippen molar-refractivity contribution < 1.29 is 23.8 Å². The van der Waals surface area contributed by atoms with E-state index < -0.39 is 17.9 Å². The summed E-state index contributed by atoms with van der Waals surface area (Å²) < 4.78 is 10.6. The highest BCUT2D eigenvalue weighted by molar-refractivity contribution is 6.04. The fraction of sp³-hybridized carbons (Fsp3) is 0.167. The number of benzene rings is 1. The number of carbonyl (C=O) groups excluding carboxylic acids is 1. The third kappa shape index (κ3) is 3.60. The number of amides is 1.